The summed E-state index contributed by atoms with van der Waals surface area (Å²) in [6, 6.07) is 11.9. The van der Waals surface area contributed by atoms with Gasteiger partial charge in [-0.2, -0.15) is 21.6 Å². The summed E-state index contributed by atoms with van der Waals surface area (Å²) in [6.07, 6.45) is -4.74. The van der Waals surface area contributed by atoms with Gasteiger partial charge in [0.1, 0.15) is 24.0 Å². The van der Waals surface area contributed by atoms with Gasteiger partial charge in [0.05, 0.1) is 17.4 Å². The minimum Gasteiger partial charge on any atom is -0.491 e. The van der Waals surface area contributed by atoms with E-state index >= 15 is 0 Å². The second-order valence-electron chi connectivity index (χ2n) is 9.53. The van der Waals surface area contributed by atoms with E-state index in [2.05, 4.69) is 5.32 Å². The third kappa shape index (κ3) is 8.75. The second kappa shape index (κ2) is 12.8. The minimum absolute atomic E-state index is 0.00524. The zero-order valence-electron chi connectivity index (χ0n) is 21.6. The van der Waals surface area contributed by atoms with Crippen LogP contribution in [0, 0.1) is 17.6 Å². The molecule has 216 valence electrons. The summed E-state index contributed by atoms with van der Waals surface area (Å²) in [4.78, 5) is 12.2. The highest BCUT2D eigenvalue weighted by Crippen LogP contribution is 2.34. The molecule has 12 heteroatoms. The number of hydrogen-bond donors (Lipinski definition) is 2. The van der Waals surface area contributed by atoms with Gasteiger partial charge in [0.15, 0.2) is 5.78 Å². The quantitative estimate of drug-likeness (QED) is 0.135. The van der Waals surface area contributed by atoms with Gasteiger partial charge in [0.2, 0.25) is 0 Å². The predicted octanol–water partition coefficient (Wildman–Crippen LogP) is 7.02. The number of benzene rings is 3. The molecule has 0 heterocycles. The summed E-state index contributed by atoms with van der Waals surface area (Å²) in [6.45, 7) is 3.98. The lowest BCUT2D eigenvalue weighted by atomic mass is 10.0. The number of rotatable bonds is 12. The number of halogens is 5. The number of carbonyl (C=O) groups excluding carboxylic acids is 1. The molecule has 0 amide bonds. The Bertz CT molecular complexity index is 1440. The molecule has 0 saturated carbocycles. The predicted molar refractivity (Wildman–Crippen MR) is 141 cm³/mol. The molecular formula is C28H28F5NO5S. The van der Waals surface area contributed by atoms with E-state index in [1.54, 1.807) is 24.3 Å². The molecule has 0 aromatic heterocycles. The Morgan fingerprint density at radius 1 is 0.950 bits per heavy atom. The molecule has 40 heavy (non-hydrogen) atoms. The molecule has 0 unspecified atom stereocenters. The maximum Gasteiger partial charge on any atom is 0.416 e. The molecule has 2 N–H and O–H groups in total. The lowest BCUT2D eigenvalue weighted by Gasteiger charge is -2.24. The monoisotopic (exact) mass is 585 g/mol. The van der Waals surface area contributed by atoms with Gasteiger partial charge < -0.3 is 10.1 Å². The first-order chi connectivity index (χ1) is 18.6. The second-order valence-corrected chi connectivity index (χ2v) is 11.1. The van der Waals surface area contributed by atoms with Crippen LogP contribution in [0.4, 0.5) is 27.6 Å². The van der Waals surface area contributed by atoms with Gasteiger partial charge in [0.25, 0.3) is 10.1 Å². The Balaban J connectivity index is 1.62. The number of hydrogen-bond acceptors (Lipinski definition) is 5. The fraction of sp³-hybridized carbons (Fsp3) is 0.321. The first kappa shape index (κ1) is 31.0. The molecule has 0 aliphatic carbocycles. The van der Waals surface area contributed by atoms with Crippen molar-refractivity contribution >= 4 is 21.6 Å². The van der Waals surface area contributed by atoms with Crippen LogP contribution in [-0.4, -0.2) is 37.2 Å². The zero-order valence-corrected chi connectivity index (χ0v) is 22.5. The van der Waals surface area contributed by atoms with E-state index in [4.69, 9.17) is 9.29 Å². The fourth-order valence-electron chi connectivity index (χ4n) is 3.83. The molecule has 0 fully saturated rings. The van der Waals surface area contributed by atoms with E-state index in [-0.39, 0.29) is 54.1 Å². The van der Waals surface area contributed by atoms with Crippen LogP contribution in [-0.2, 0) is 16.3 Å². The van der Waals surface area contributed by atoms with E-state index < -0.39 is 39.2 Å². The maximum absolute atomic E-state index is 14.8. The van der Waals surface area contributed by atoms with Crippen molar-refractivity contribution in [3.8, 4) is 16.9 Å². The summed E-state index contributed by atoms with van der Waals surface area (Å²) in [7, 11) is -4.13. The number of Topliss-reactive ketones (excluding diaryl/α,β-unsaturated/α-hetero) is 1. The molecule has 1 atom stereocenters. The topological polar surface area (TPSA) is 92.7 Å². The number of anilines is 1. The van der Waals surface area contributed by atoms with Gasteiger partial charge in [-0.25, -0.2) is 8.78 Å². The standard InChI is InChI=1S/C28H28F5NO5S/c1-17(2)26(34-20-8-5-18(6-9-20)27(35)4-3-13-40(36,37)38)16-39-21-10-12-23(25(30)15-21)22-11-7-19(14-24(22)29)28(31,32)33/h5-12,14-15,17,26,34H,3-4,13,16H2,1-2H3,(H,36,37,38)/t26-/m1/s1. The summed E-state index contributed by atoms with van der Waals surface area (Å²) in [5, 5.41) is 3.27. The third-order valence-corrected chi connectivity index (χ3v) is 6.93. The third-order valence-electron chi connectivity index (χ3n) is 6.13. The molecular weight excluding hydrogens is 557 g/mol. The lowest BCUT2D eigenvalue weighted by Crippen LogP contribution is -2.32. The number of ether oxygens (including phenoxy) is 1. The summed E-state index contributed by atoms with van der Waals surface area (Å²) < 4.78 is 104. The Labute approximate surface area is 228 Å². The van der Waals surface area contributed by atoms with Crippen LogP contribution in [0.25, 0.3) is 11.1 Å². The van der Waals surface area contributed by atoms with Crippen molar-refractivity contribution in [2.24, 2.45) is 5.92 Å². The number of nitrogens with one attached hydrogen (secondary N) is 1. The molecule has 3 aromatic rings. The molecule has 0 radical (unpaired) electrons. The molecule has 0 saturated heterocycles. The summed E-state index contributed by atoms with van der Waals surface area (Å²) in [5.74, 6) is -2.61. The average Bonchev–Trinajstić information content (AvgIpc) is 2.85. The molecule has 3 rings (SSSR count). The highest BCUT2D eigenvalue weighted by atomic mass is 32.2. The van der Waals surface area contributed by atoms with Gasteiger partial charge in [0, 0.05) is 34.9 Å². The van der Waals surface area contributed by atoms with Crippen molar-refractivity contribution in [3.05, 3.63) is 83.4 Å². The van der Waals surface area contributed by atoms with Crippen LogP contribution in [0.3, 0.4) is 0 Å². The van der Waals surface area contributed by atoms with Crippen LogP contribution < -0.4 is 10.1 Å². The van der Waals surface area contributed by atoms with E-state index in [0.29, 0.717) is 23.4 Å². The van der Waals surface area contributed by atoms with E-state index in [1.807, 2.05) is 13.8 Å². The van der Waals surface area contributed by atoms with Gasteiger partial charge in [-0.05, 0) is 60.9 Å². The first-order valence-electron chi connectivity index (χ1n) is 12.3. The van der Waals surface area contributed by atoms with Crippen LogP contribution in [0.5, 0.6) is 5.75 Å². The van der Waals surface area contributed by atoms with Crippen molar-refractivity contribution in [1.82, 2.24) is 0 Å². The number of alkyl halides is 3. The zero-order chi connectivity index (χ0) is 29.7. The Morgan fingerprint density at radius 3 is 2.08 bits per heavy atom. The fourth-order valence-corrected chi connectivity index (χ4v) is 4.34. The van der Waals surface area contributed by atoms with Gasteiger partial charge >= 0.3 is 6.18 Å². The SMILES string of the molecule is CC(C)[C@@H](COc1ccc(-c2ccc(C(F)(F)F)cc2F)c(F)c1)Nc1ccc(C(=O)CCCS(=O)(=O)O)cc1. The minimum atomic E-state index is -4.72. The van der Waals surface area contributed by atoms with Crippen LogP contribution in [0.1, 0.15) is 42.6 Å². The first-order valence-corrected chi connectivity index (χ1v) is 13.9. The van der Waals surface area contributed by atoms with Crippen molar-refractivity contribution in [1.29, 1.82) is 0 Å². The highest BCUT2D eigenvalue weighted by molar-refractivity contribution is 7.85. The van der Waals surface area contributed by atoms with Crippen LogP contribution >= 0.6 is 0 Å². The Morgan fingerprint density at radius 2 is 1.55 bits per heavy atom. The van der Waals surface area contributed by atoms with Gasteiger partial charge in [-0.3, -0.25) is 9.35 Å². The summed E-state index contributed by atoms with van der Waals surface area (Å²) in [5.41, 5.74) is -0.614. The molecule has 6 nitrogen and oxygen atoms in total. The largest absolute Gasteiger partial charge is 0.491 e. The van der Waals surface area contributed by atoms with Gasteiger partial charge in [-0.1, -0.05) is 19.9 Å². The van der Waals surface area contributed by atoms with E-state index in [9.17, 15) is 35.2 Å². The van der Waals surface area contributed by atoms with Crippen molar-refractivity contribution in [2.75, 3.05) is 17.7 Å². The van der Waals surface area contributed by atoms with Gasteiger partial charge in [-0.15, -0.1) is 0 Å². The Hall–Kier alpha value is -3.51. The lowest BCUT2D eigenvalue weighted by molar-refractivity contribution is -0.137. The van der Waals surface area contributed by atoms with Crippen molar-refractivity contribution in [2.45, 2.75) is 38.9 Å². The molecule has 0 aliphatic heterocycles. The average molecular weight is 586 g/mol. The normalized spacial score (nSPS) is 12.8. The molecule has 0 aliphatic rings. The highest BCUT2D eigenvalue weighted by Gasteiger charge is 2.31. The van der Waals surface area contributed by atoms with Crippen molar-refractivity contribution in [3.63, 3.8) is 0 Å². The van der Waals surface area contributed by atoms with E-state index in [0.717, 1.165) is 12.1 Å². The number of ketones is 1. The van der Waals surface area contributed by atoms with Crippen molar-refractivity contribution < 1.29 is 44.5 Å². The number of carbonyl (C=O) groups is 1. The maximum atomic E-state index is 14.8. The Kier molecular flexibility index (Phi) is 9.91. The van der Waals surface area contributed by atoms with E-state index in [1.165, 1.54) is 12.1 Å². The van der Waals surface area contributed by atoms with Crippen LogP contribution in [0.2, 0.25) is 0 Å². The van der Waals surface area contributed by atoms with Crippen LogP contribution in [0.15, 0.2) is 60.7 Å². The molecule has 0 spiro atoms. The smallest absolute Gasteiger partial charge is 0.416 e. The molecule has 0 bridgehead atoms. The molecule has 3 aromatic carbocycles. The summed E-state index contributed by atoms with van der Waals surface area (Å²) >= 11 is 0.